The zero-order chi connectivity index (χ0) is 13.1. The maximum absolute atomic E-state index is 9.53. The van der Waals surface area contributed by atoms with Gasteiger partial charge in [-0.05, 0) is 19.3 Å². The number of hydrogen-bond acceptors (Lipinski definition) is 5. The minimum absolute atomic E-state index is 0.0322. The lowest BCUT2D eigenvalue weighted by atomic mass is 9.91. The zero-order valence-electron chi connectivity index (χ0n) is 11.3. The summed E-state index contributed by atoms with van der Waals surface area (Å²) in [6.45, 7) is 0.617. The van der Waals surface area contributed by atoms with Crippen LogP contribution in [0.15, 0.2) is 4.52 Å². The summed E-state index contributed by atoms with van der Waals surface area (Å²) in [6, 6.07) is 0.0322. The van der Waals surface area contributed by atoms with Crippen LogP contribution < -0.4 is 5.32 Å². The Labute approximate surface area is 113 Å². The predicted octanol–water partition coefficient (Wildman–Crippen LogP) is 2.29. The number of nitrogens with zero attached hydrogens (tertiary/aromatic N) is 2. The van der Waals surface area contributed by atoms with Gasteiger partial charge in [-0.3, -0.25) is 0 Å². The second-order valence-electron chi connectivity index (χ2n) is 5.88. The maximum Gasteiger partial charge on any atom is 0.243 e. The molecule has 0 bridgehead atoms. The third kappa shape index (κ3) is 3.15. The molecule has 3 rings (SSSR count). The lowest BCUT2D eigenvalue weighted by Gasteiger charge is -2.15. The monoisotopic (exact) mass is 265 g/mol. The van der Waals surface area contributed by atoms with Crippen molar-refractivity contribution in [1.29, 1.82) is 0 Å². The molecule has 2 atom stereocenters. The highest BCUT2D eigenvalue weighted by Crippen LogP contribution is 2.30. The van der Waals surface area contributed by atoms with Gasteiger partial charge in [-0.15, -0.1) is 0 Å². The predicted molar refractivity (Wildman–Crippen MR) is 70.7 cm³/mol. The van der Waals surface area contributed by atoms with Gasteiger partial charge in [-0.25, -0.2) is 0 Å². The summed E-state index contributed by atoms with van der Waals surface area (Å²) in [4.78, 5) is 4.57. The highest BCUT2D eigenvalue weighted by Gasteiger charge is 2.29. The summed E-state index contributed by atoms with van der Waals surface area (Å²) < 4.78 is 5.39. The van der Waals surface area contributed by atoms with E-state index in [1.165, 1.54) is 44.9 Å². The average molecular weight is 265 g/mol. The lowest BCUT2D eigenvalue weighted by molar-refractivity contribution is 0.191. The van der Waals surface area contributed by atoms with E-state index in [-0.39, 0.29) is 12.1 Å². The summed E-state index contributed by atoms with van der Waals surface area (Å²) in [6.07, 6.45) is 9.32. The van der Waals surface area contributed by atoms with Crippen LogP contribution in [0.1, 0.15) is 75.0 Å². The number of β-amino-alcohol motifs (C(OH)–C–C–N with tert-alkyl or cyclic N) is 1. The summed E-state index contributed by atoms with van der Waals surface area (Å²) in [5.74, 6) is 1.98. The van der Waals surface area contributed by atoms with Crippen LogP contribution in [-0.2, 0) is 0 Å². The molecule has 1 saturated carbocycles. The van der Waals surface area contributed by atoms with Crippen LogP contribution in [-0.4, -0.2) is 27.9 Å². The van der Waals surface area contributed by atoms with E-state index in [4.69, 9.17) is 4.52 Å². The molecule has 5 heteroatoms. The van der Waals surface area contributed by atoms with Gasteiger partial charge in [0, 0.05) is 12.5 Å². The fourth-order valence-corrected chi connectivity index (χ4v) is 3.17. The van der Waals surface area contributed by atoms with Gasteiger partial charge in [0.15, 0.2) is 5.82 Å². The minimum Gasteiger partial charge on any atom is -0.392 e. The normalized spacial score (nSPS) is 30.2. The van der Waals surface area contributed by atoms with Crippen LogP contribution in [0, 0.1) is 0 Å². The van der Waals surface area contributed by atoms with Crippen molar-refractivity contribution in [3.8, 4) is 0 Å². The molecule has 5 nitrogen and oxygen atoms in total. The van der Waals surface area contributed by atoms with E-state index < -0.39 is 0 Å². The Morgan fingerprint density at radius 1 is 1.11 bits per heavy atom. The van der Waals surface area contributed by atoms with Crippen molar-refractivity contribution in [3.63, 3.8) is 0 Å². The highest BCUT2D eigenvalue weighted by atomic mass is 16.5. The molecule has 2 N–H and O–H groups in total. The second-order valence-corrected chi connectivity index (χ2v) is 5.88. The molecule has 2 heterocycles. The first-order valence-corrected chi connectivity index (χ1v) is 7.58. The Hall–Kier alpha value is -0.940. The van der Waals surface area contributed by atoms with Crippen molar-refractivity contribution < 1.29 is 9.63 Å². The molecule has 0 unspecified atom stereocenters. The number of aliphatic hydroxyl groups is 1. The van der Waals surface area contributed by atoms with Crippen LogP contribution >= 0.6 is 0 Å². The second kappa shape index (κ2) is 6.01. The first kappa shape index (κ1) is 13.1. The lowest BCUT2D eigenvalue weighted by Crippen LogP contribution is -2.15. The summed E-state index contributed by atoms with van der Waals surface area (Å²) in [5.41, 5.74) is 0. The number of aromatic nitrogens is 2. The largest absolute Gasteiger partial charge is 0.392 e. The molecule has 1 aliphatic heterocycles. The van der Waals surface area contributed by atoms with E-state index in [9.17, 15) is 5.11 Å². The van der Waals surface area contributed by atoms with Gasteiger partial charge in [-0.2, -0.15) is 4.98 Å². The molecule has 2 fully saturated rings. The fourth-order valence-electron chi connectivity index (χ4n) is 3.17. The summed E-state index contributed by atoms with van der Waals surface area (Å²) >= 11 is 0. The molecular weight excluding hydrogens is 242 g/mol. The molecule has 2 aliphatic rings. The molecule has 1 saturated heterocycles. The van der Waals surface area contributed by atoms with Gasteiger partial charge in [0.25, 0.3) is 0 Å². The van der Waals surface area contributed by atoms with E-state index in [0.717, 1.165) is 5.82 Å². The van der Waals surface area contributed by atoms with Crippen LogP contribution in [0.3, 0.4) is 0 Å². The first-order chi connectivity index (χ1) is 9.33. The number of aliphatic hydroxyl groups excluding tert-OH is 1. The van der Waals surface area contributed by atoms with Crippen LogP contribution in [0.4, 0.5) is 0 Å². The van der Waals surface area contributed by atoms with Gasteiger partial charge in [0.2, 0.25) is 5.89 Å². The number of nitrogens with one attached hydrogen (secondary N) is 1. The van der Waals surface area contributed by atoms with Gasteiger partial charge in [0.05, 0.1) is 12.1 Å². The molecule has 0 spiro atoms. The number of rotatable bonds is 2. The van der Waals surface area contributed by atoms with Crippen molar-refractivity contribution in [3.05, 3.63) is 11.7 Å². The first-order valence-electron chi connectivity index (χ1n) is 7.58. The highest BCUT2D eigenvalue weighted by molar-refractivity contribution is 5.01. The molecule has 0 radical (unpaired) electrons. The van der Waals surface area contributed by atoms with E-state index in [1.807, 2.05) is 0 Å². The molecule has 1 aromatic heterocycles. The van der Waals surface area contributed by atoms with E-state index in [2.05, 4.69) is 15.5 Å². The molecule has 0 amide bonds. The van der Waals surface area contributed by atoms with E-state index >= 15 is 0 Å². The average Bonchev–Trinajstić information content (AvgIpc) is 2.97. The third-order valence-corrected chi connectivity index (χ3v) is 4.33. The SMILES string of the molecule is O[C@H]1CN[C@H](c2nc(C3CCCCCCC3)no2)C1. The Balaban J connectivity index is 1.66. The van der Waals surface area contributed by atoms with Gasteiger partial charge < -0.3 is 14.9 Å². The Bertz CT molecular complexity index is 399. The standard InChI is InChI=1S/C14H23N3O2/c18-11-8-12(15-9-11)14-16-13(17-19-14)10-6-4-2-1-3-5-7-10/h10-12,15,18H,1-9H2/t11-,12+/m1/s1. The Kier molecular flexibility index (Phi) is 4.13. The molecule has 0 aromatic carbocycles. The van der Waals surface area contributed by atoms with Crippen molar-refractivity contribution in [2.24, 2.45) is 0 Å². The van der Waals surface area contributed by atoms with Crippen molar-refractivity contribution in [2.45, 2.75) is 69.4 Å². The fraction of sp³-hybridized carbons (Fsp3) is 0.857. The van der Waals surface area contributed by atoms with Crippen molar-refractivity contribution in [2.75, 3.05) is 6.54 Å². The molecule has 1 aromatic rings. The quantitative estimate of drug-likeness (QED) is 0.858. The van der Waals surface area contributed by atoms with E-state index in [0.29, 0.717) is 24.8 Å². The minimum atomic E-state index is -0.290. The smallest absolute Gasteiger partial charge is 0.243 e. The maximum atomic E-state index is 9.53. The van der Waals surface area contributed by atoms with Crippen molar-refractivity contribution in [1.82, 2.24) is 15.5 Å². The third-order valence-electron chi connectivity index (χ3n) is 4.33. The zero-order valence-corrected chi connectivity index (χ0v) is 11.3. The van der Waals surface area contributed by atoms with Crippen molar-refractivity contribution >= 4 is 0 Å². The summed E-state index contributed by atoms with van der Waals surface area (Å²) in [5, 5.41) is 16.9. The van der Waals surface area contributed by atoms with Gasteiger partial charge >= 0.3 is 0 Å². The van der Waals surface area contributed by atoms with Crippen LogP contribution in [0.2, 0.25) is 0 Å². The molecular formula is C14H23N3O2. The topological polar surface area (TPSA) is 71.2 Å². The Morgan fingerprint density at radius 3 is 2.53 bits per heavy atom. The Morgan fingerprint density at radius 2 is 1.84 bits per heavy atom. The van der Waals surface area contributed by atoms with Crippen LogP contribution in [0.5, 0.6) is 0 Å². The summed E-state index contributed by atoms with van der Waals surface area (Å²) in [7, 11) is 0. The molecule has 1 aliphatic carbocycles. The molecule has 19 heavy (non-hydrogen) atoms. The van der Waals surface area contributed by atoms with Crippen LogP contribution in [0.25, 0.3) is 0 Å². The van der Waals surface area contributed by atoms with Gasteiger partial charge in [0.1, 0.15) is 0 Å². The van der Waals surface area contributed by atoms with Gasteiger partial charge in [-0.1, -0.05) is 37.3 Å². The number of hydrogen-bond donors (Lipinski definition) is 2. The van der Waals surface area contributed by atoms with E-state index in [1.54, 1.807) is 0 Å². The molecule has 106 valence electrons.